The highest BCUT2D eigenvalue weighted by Crippen LogP contribution is 2.22. The fraction of sp³-hybridized carbons (Fsp3) is 0.350. The largest absolute Gasteiger partial charge is 0.356 e. The summed E-state index contributed by atoms with van der Waals surface area (Å²) in [5, 5.41) is 7.50. The maximum absolute atomic E-state index is 5.55. The zero-order valence-electron chi connectivity index (χ0n) is 14.4. The maximum Gasteiger partial charge on any atom is 0.171 e. The molecule has 23 heavy (non-hydrogen) atoms. The average molecular weight is 327 g/mol. The van der Waals surface area contributed by atoms with Gasteiger partial charge in [-0.3, -0.25) is 0 Å². The molecule has 0 radical (unpaired) electrons. The Morgan fingerprint density at radius 3 is 2.39 bits per heavy atom. The standard InChI is InChI=1S/C20H26N2S/c1-14(2)12-19(17-8-6-5-7-9-17)22-20(23)21-18-13-15(3)10-11-16(18)4/h5-11,13-14,19H,12H2,1-4H3,(H2,21,22,23)/t19-/m1/s1. The molecule has 0 aliphatic rings. The number of thiocarbonyl (C=S) groups is 1. The smallest absolute Gasteiger partial charge is 0.171 e. The van der Waals surface area contributed by atoms with Crippen molar-refractivity contribution in [3.05, 3.63) is 65.2 Å². The van der Waals surface area contributed by atoms with E-state index in [1.165, 1.54) is 16.7 Å². The first-order chi connectivity index (χ1) is 11.0. The Morgan fingerprint density at radius 2 is 1.74 bits per heavy atom. The molecule has 2 rings (SSSR count). The number of rotatable bonds is 5. The molecule has 0 aliphatic heterocycles. The molecular weight excluding hydrogens is 300 g/mol. The zero-order chi connectivity index (χ0) is 16.8. The summed E-state index contributed by atoms with van der Waals surface area (Å²) in [5.41, 5.74) is 4.76. The first kappa shape index (κ1) is 17.5. The van der Waals surface area contributed by atoms with Gasteiger partial charge in [-0.05, 0) is 61.2 Å². The van der Waals surface area contributed by atoms with Crippen LogP contribution in [0.15, 0.2) is 48.5 Å². The van der Waals surface area contributed by atoms with Crippen LogP contribution >= 0.6 is 12.2 Å². The molecule has 0 fully saturated rings. The second kappa shape index (κ2) is 8.11. The number of nitrogens with one attached hydrogen (secondary N) is 2. The Balaban J connectivity index is 2.10. The average Bonchev–Trinajstić information content (AvgIpc) is 2.51. The normalized spacial score (nSPS) is 12.0. The van der Waals surface area contributed by atoms with Gasteiger partial charge in [0, 0.05) is 5.69 Å². The minimum atomic E-state index is 0.223. The van der Waals surface area contributed by atoms with E-state index in [4.69, 9.17) is 12.2 Å². The van der Waals surface area contributed by atoms with E-state index in [9.17, 15) is 0 Å². The van der Waals surface area contributed by atoms with Crippen molar-refractivity contribution in [2.45, 2.75) is 40.2 Å². The van der Waals surface area contributed by atoms with Crippen LogP contribution in [0.2, 0.25) is 0 Å². The van der Waals surface area contributed by atoms with Gasteiger partial charge in [-0.2, -0.15) is 0 Å². The third kappa shape index (κ3) is 5.36. The summed E-state index contributed by atoms with van der Waals surface area (Å²) in [6.45, 7) is 8.65. The van der Waals surface area contributed by atoms with Gasteiger partial charge in [0.2, 0.25) is 0 Å². The van der Waals surface area contributed by atoms with Crippen LogP contribution in [-0.2, 0) is 0 Å². The summed E-state index contributed by atoms with van der Waals surface area (Å²) in [4.78, 5) is 0. The predicted octanol–water partition coefficient (Wildman–Crippen LogP) is 5.38. The van der Waals surface area contributed by atoms with Crippen LogP contribution in [0.5, 0.6) is 0 Å². The molecule has 0 bridgehead atoms. The Kier molecular flexibility index (Phi) is 6.17. The number of aryl methyl sites for hydroxylation is 2. The molecule has 3 heteroatoms. The molecule has 0 aromatic heterocycles. The lowest BCUT2D eigenvalue weighted by Crippen LogP contribution is -2.33. The molecule has 0 spiro atoms. The van der Waals surface area contributed by atoms with Crippen LogP contribution in [0, 0.1) is 19.8 Å². The number of hydrogen-bond donors (Lipinski definition) is 2. The van der Waals surface area contributed by atoms with Crippen molar-refractivity contribution in [1.29, 1.82) is 0 Å². The van der Waals surface area contributed by atoms with E-state index in [0.717, 1.165) is 12.1 Å². The van der Waals surface area contributed by atoms with Crippen LogP contribution in [0.25, 0.3) is 0 Å². The van der Waals surface area contributed by atoms with Crippen molar-refractivity contribution in [3.8, 4) is 0 Å². The van der Waals surface area contributed by atoms with Crippen molar-refractivity contribution in [3.63, 3.8) is 0 Å². The van der Waals surface area contributed by atoms with Crippen molar-refractivity contribution in [1.82, 2.24) is 5.32 Å². The first-order valence-electron chi connectivity index (χ1n) is 8.15. The monoisotopic (exact) mass is 326 g/mol. The van der Waals surface area contributed by atoms with Crippen LogP contribution < -0.4 is 10.6 Å². The molecule has 1 atom stereocenters. The molecule has 0 saturated heterocycles. The highest BCUT2D eigenvalue weighted by Gasteiger charge is 2.14. The first-order valence-corrected chi connectivity index (χ1v) is 8.56. The third-order valence-electron chi connectivity index (χ3n) is 3.86. The van der Waals surface area contributed by atoms with Gasteiger partial charge in [0.1, 0.15) is 0 Å². The Labute approximate surface area is 145 Å². The highest BCUT2D eigenvalue weighted by atomic mass is 32.1. The van der Waals surface area contributed by atoms with Gasteiger partial charge in [0.25, 0.3) is 0 Å². The molecule has 0 unspecified atom stereocenters. The summed E-state index contributed by atoms with van der Waals surface area (Å²) < 4.78 is 0. The molecule has 0 amide bonds. The summed E-state index contributed by atoms with van der Waals surface area (Å²) in [6, 6.07) is 17.1. The molecule has 2 aromatic carbocycles. The topological polar surface area (TPSA) is 24.1 Å². The molecular formula is C20H26N2S. The van der Waals surface area contributed by atoms with Crippen molar-refractivity contribution in [2.75, 3.05) is 5.32 Å². The third-order valence-corrected chi connectivity index (χ3v) is 4.08. The van der Waals surface area contributed by atoms with E-state index < -0.39 is 0 Å². The SMILES string of the molecule is Cc1ccc(C)c(NC(=S)N[C@H](CC(C)C)c2ccccc2)c1. The summed E-state index contributed by atoms with van der Waals surface area (Å²) in [6.07, 6.45) is 1.04. The molecule has 2 N–H and O–H groups in total. The van der Waals surface area contributed by atoms with Gasteiger partial charge in [0.15, 0.2) is 5.11 Å². The van der Waals surface area contributed by atoms with Gasteiger partial charge < -0.3 is 10.6 Å². The van der Waals surface area contributed by atoms with Gasteiger partial charge in [-0.1, -0.05) is 56.3 Å². The van der Waals surface area contributed by atoms with Crippen molar-refractivity contribution < 1.29 is 0 Å². The van der Waals surface area contributed by atoms with Crippen molar-refractivity contribution in [2.24, 2.45) is 5.92 Å². The Bertz CT molecular complexity index is 650. The fourth-order valence-electron chi connectivity index (χ4n) is 2.62. The van der Waals surface area contributed by atoms with E-state index in [1.54, 1.807) is 0 Å². The van der Waals surface area contributed by atoms with Crippen LogP contribution in [0.1, 0.15) is 43.0 Å². The quantitative estimate of drug-likeness (QED) is 0.722. The van der Waals surface area contributed by atoms with E-state index in [-0.39, 0.29) is 6.04 Å². The lowest BCUT2D eigenvalue weighted by Gasteiger charge is -2.23. The minimum absolute atomic E-state index is 0.223. The highest BCUT2D eigenvalue weighted by molar-refractivity contribution is 7.80. The summed E-state index contributed by atoms with van der Waals surface area (Å²) in [5.74, 6) is 0.594. The molecule has 122 valence electrons. The number of benzene rings is 2. The number of anilines is 1. The molecule has 0 saturated carbocycles. The summed E-state index contributed by atoms with van der Waals surface area (Å²) >= 11 is 5.55. The van der Waals surface area contributed by atoms with Crippen molar-refractivity contribution >= 4 is 23.0 Å². The van der Waals surface area contributed by atoms with Crippen LogP contribution in [-0.4, -0.2) is 5.11 Å². The second-order valence-corrected chi connectivity index (χ2v) is 6.92. The Hall–Kier alpha value is -1.87. The van der Waals surface area contributed by atoms with Crippen LogP contribution in [0.3, 0.4) is 0 Å². The second-order valence-electron chi connectivity index (χ2n) is 6.51. The molecule has 0 aliphatic carbocycles. The van der Waals surface area contributed by atoms with Gasteiger partial charge in [0.05, 0.1) is 6.04 Å². The molecule has 0 heterocycles. The molecule has 2 nitrogen and oxygen atoms in total. The lowest BCUT2D eigenvalue weighted by atomic mass is 9.97. The van der Waals surface area contributed by atoms with Gasteiger partial charge in [-0.15, -0.1) is 0 Å². The predicted molar refractivity (Wildman–Crippen MR) is 104 cm³/mol. The maximum atomic E-state index is 5.55. The van der Waals surface area contributed by atoms with Crippen LogP contribution in [0.4, 0.5) is 5.69 Å². The fourth-order valence-corrected chi connectivity index (χ4v) is 2.87. The van der Waals surface area contributed by atoms with E-state index >= 15 is 0 Å². The van der Waals surface area contributed by atoms with Gasteiger partial charge >= 0.3 is 0 Å². The van der Waals surface area contributed by atoms with E-state index in [0.29, 0.717) is 11.0 Å². The molecule has 2 aromatic rings. The zero-order valence-corrected chi connectivity index (χ0v) is 15.2. The minimum Gasteiger partial charge on any atom is -0.356 e. The van der Waals surface area contributed by atoms with Gasteiger partial charge in [-0.25, -0.2) is 0 Å². The van der Waals surface area contributed by atoms with E-state index in [2.05, 4.69) is 80.8 Å². The lowest BCUT2D eigenvalue weighted by molar-refractivity contribution is 0.481. The Morgan fingerprint density at radius 1 is 1.04 bits per heavy atom. The summed E-state index contributed by atoms with van der Waals surface area (Å²) in [7, 11) is 0. The van der Waals surface area contributed by atoms with E-state index in [1.807, 2.05) is 6.07 Å². The number of hydrogen-bond acceptors (Lipinski definition) is 1.